The Hall–Kier alpha value is -1.52. The van der Waals surface area contributed by atoms with Crippen LogP contribution in [0.3, 0.4) is 0 Å². The van der Waals surface area contributed by atoms with Crippen LogP contribution in [0.5, 0.6) is 0 Å². The van der Waals surface area contributed by atoms with Gasteiger partial charge in [-0.1, -0.05) is 12.2 Å². The molecule has 4 heteroatoms. The molecule has 0 unspecified atom stereocenters. The quantitative estimate of drug-likeness (QED) is 0.859. The molecule has 2 aromatic rings. The van der Waals surface area contributed by atoms with Gasteiger partial charge in [-0.2, -0.15) is 0 Å². The van der Waals surface area contributed by atoms with E-state index in [0.717, 1.165) is 16.1 Å². The molecule has 76 valence electrons. The first-order chi connectivity index (χ1) is 7.40. The zero-order valence-electron chi connectivity index (χ0n) is 8.00. The lowest BCUT2D eigenvalue weighted by Crippen LogP contribution is -1.79. The molecule has 2 rings (SSSR count). The summed E-state index contributed by atoms with van der Waals surface area (Å²) in [6.45, 7) is 0.0658. The standard InChI is InChI=1S/C11H10N2OS/c14-5-1-2-9-6-11(15-8-9)10-7-12-3-4-13-10/h1-4,6-8,14H,5H2. The lowest BCUT2D eigenvalue weighted by Gasteiger charge is -1.92. The van der Waals surface area contributed by atoms with Crippen molar-refractivity contribution < 1.29 is 5.11 Å². The average molecular weight is 218 g/mol. The summed E-state index contributed by atoms with van der Waals surface area (Å²) in [5.74, 6) is 0. The zero-order chi connectivity index (χ0) is 10.5. The van der Waals surface area contributed by atoms with Crippen LogP contribution in [0.4, 0.5) is 0 Å². The largest absolute Gasteiger partial charge is 0.392 e. The highest BCUT2D eigenvalue weighted by Gasteiger charge is 2.01. The van der Waals surface area contributed by atoms with Gasteiger partial charge in [0, 0.05) is 12.4 Å². The first-order valence-corrected chi connectivity index (χ1v) is 5.40. The van der Waals surface area contributed by atoms with E-state index in [4.69, 9.17) is 5.11 Å². The topological polar surface area (TPSA) is 46.0 Å². The molecule has 1 N–H and O–H groups in total. The number of aliphatic hydroxyl groups excluding tert-OH is 1. The van der Waals surface area contributed by atoms with Crippen LogP contribution in [-0.2, 0) is 0 Å². The van der Waals surface area contributed by atoms with E-state index in [1.807, 2.05) is 17.5 Å². The van der Waals surface area contributed by atoms with Crippen LogP contribution in [0.15, 0.2) is 36.1 Å². The van der Waals surface area contributed by atoms with Crippen LogP contribution >= 0.6 is 11.3 Å². The summed E-state index contributed by atoms with van der Waals surface area (Å²) in [5, 5.41) is 10.7. The van der Waals surface area contributed by atoms with Crippen molar-refractivity contribution in [3.8, 4) is 10.6 Å². The Balaban J connectivity index is 2.24. The predicted octanol–water partition coefficient (Wildman–Crippen LogP) is 2.21. The molecule has 0 aromatic carbocycles. The van der Waals surface area contributed by atoms with Crippen LogP contribution in [0, 0.1) is 0 Å². The van der Waals surface area contributed by atoms with Crippen molar-refractivity contribution >= 4 is 17.4 Å². The Kier molecular flexibility index (Phi) is 3.22. The molecule has 0 saturated heterocycles. The number of nitrogens with zero attached hydrogens (tertiary/aromatic N) is 2. The second-order valence-electron chi connectivity index (χ2n) is 2.92. The summed E-state index contributed by atoms with van der Waals surface area (Å²) in [5.41, 5.74) is 1.96. The Bertz CT molecular complexity index is 451. The smallest absolute Gasteiger partial charge is 0.0984 e. The van der Waals surface area contributed by atoms with Gasteiger partial charge in [0.15, 0.2) is 0 Å². The monoisotopic (exact) mass is 218 g/mol. The highest BCUT2D eigenvalue weighted by molar-refractivity contribution is 7.13. The third kappa shape index (κ3) is 2.49. The molecule has 0 amide bonds. The maximum atomic E-state index is 8.65. The molecule has 0 saturated carbocycles. The first-order valence-electron chi connectivity index (χ1n) is 4.52. The van der Waals surface area contributed by atoms with Crippen LogP contribution < -0.4 is 0 Å². The van der Waals surface area contributed by atoms with E-state index < -0.39 is 0 Å². The predicted molar refractivity (Wildman–Crippen MR) is 61.5 cm³/mol. The number of aliphatic hydroxyl groups is 1. The van der Waals surface area contributed by atoms with E-state index in [-0.39, 0.29) is 6.61 Å². The number of hydrogen-bond acceptors (Lipinski definition) is 4. The molecule has 0 radical (unpaired) electrons. The minimum Gasteiger partial charge on any atom is -0.392 e. The average Bonchev–Trinajstić information content (AvgIpc) is 2.76. The maximum absolute atomic E-state index is 8.65. The first kappa shape index (κ1) is 10.0. The van der Waals surface area contributed by atoms with Gasteiger partial charge in [0.25, 0.3) is 0 Å². The van der Waals surface area contributed by atoms with Crippen LogP contribution in [0.1, 0.15) is 5.56 Å². The summed E-state index contributed by atoms with van der Waals surface area (Å²) in [7, 11) is 0. The van der Waals surface area contributed by atoms with Gasteiger partial charge in [0.1, 0.15) is 0 Å². The minimum atomic E-state index is 0.0658. The van der Waals surface area contributed by atoms with Crippen LogP contribution in [0.25, 0.3) is 16.6 Å². The van der Waals surface area contributed by atoms with E-state index >= 15 is 0 Å². The Morgan fingerprint density at radius 3 is 3.07 bits per heavy atom. The lowest BCUT2D eigenvalue weighted by molar-refractivity contribution is 0.343. The number of aromatic nitrogens is 2. The second-order valence-corrected chi connectivity index (χ2v) is 3.83. The van der Waals surface area contributed by atoms with E-state index in [9.17, 15) is 0 Å². The summed E-state index contributed by atoms with van der Waals surface area (Å²) < 4.78 is 0. The fourth-order valence-electron chi connectivity index (χ4n) is 1.19. The van der Waals surface area contributed by atoms with Gasteiger partial charge in [-0.15, -0.1) is 11.3 Å². The Labute approximate surface area is 91.8 Å². The van der Waals surface area contributed by atoms with Crippen molar-refractivity contribution in [3.63, 3.8) is 0 Å². The van der Waals surface area contributed by atoms with E-state index in [1.165, 1.54) is 0 Å². The fourth-order valence-corrected chi connectivity index (χ4v) is 2.03. The summed E-state index contributed by atoms with van der Waals surface area (Å²) >= 11 is 1.62. The Morgan fingerprint density at radius 2 is 2.33 bits per heavy atom. The molecule has 3 nitrogen and oxygen atoms in total. The normalized spacial score (nSPS) is 11.0. The van der Waals surface area contributed by atoms with Gasteiger partial charge < -0.3 is 5.11 Å². The number of hydrogen-bond donors (Lipinski definition) is 1. The maximum Gasteiger partial charge on any atom is 0.0984 e. The fraction of sp³-hybridized carbons (Fsp3) is 0.0909. The summed E-state index contributed by atoms with van der Waals surface area (Å²) in [6.07, 6.45) is 8.67. The van der Waals surface area contributed by atoms with Gasteiger partial charge in [0.2, 0.25) is 0 Å². The van der Waals surface area contributed by atoms with Crippen LogP contribution in [-0.4, -0.2) is 21.7 Å². The molecule has 0 atom stereocenters. The second kappa shape index (κ2) is 4.82. The number of thiophene rings is 1. The van der Waals surface area contributed by atoms with E-state index in [1.54, 1.807) is 36.0 Å². The van der Waals surface area contributed by atoms with Crippen LogP contribution in [0.2, 0.25) is 0 Å². The molecule has 0 spiro atoms. The van der Waals surface area contributed by atoms with Crippen molar-refractivity contribution in [2.75, 3.05) is 6.61 Å². The molecule has 0 fully saturated rings. The van der Waals surface area contributed by atoms with Crippen molar-refractivity contribution in [2.45, 2.75) is 0 Å². The van der Waals surface area contributed by atoms with Gasteiger partial charge in [0.05, 0.1) is 23.4 Å². The molecule has 0 bridgehead atoms. The van der Waals surface area contributed by atoms with Gasteiger partial charge >= 0.3 is 0 Å². The molecule has 0 aliphatic carbocycles. The number of rotatable bonds is 3. The highest BCUT2D eigenvalue weighted by atomic mass is 32.1. The Morgan fingerprint density at radius 1 is 1.40 bits per heavy atom. The summed E-state index contributed by atoms with van der Waals surface area (Å²) in [4.78, 5) is 9.32. The van der Waals surface area contributed by atoms with Crippen molar-refractivity contribution in [1.29, 1.82) is 0 Å². The van der Waals surface area contributed by atoms with Gasteiger partial charge in [-0.3, -0.25) is 9.97 Å². The van der Waals surface area contributed by atoms with Crippen molar-refractivity contribution in [3.05, 3.63) is 41.7 Å². The minimum absolute atomic E-state index is 0.0658. The van der Waals surface area contributed by atoms with E-state index in [2.05, 4.69) is 9.97 Å². The van der Waals surface area contributed by atoms with Gasteiger partial charge in [-0.25, -0.2) is 0 Å². The third-order valence-corrected chi connectivity index (χ3v) is 2.82. The summed E-state index contributed by atoms with van der Waals surface area (Å²) in [6, 6.07) is 2.03. The van der Waals surface area contributed by atoms with Gasteiger partial charge in [-0.05, 0) is 17.0 Å². The highest BCUT2D eigenvalue weighted by Crippen LogP contribution is 2.25. The van der Waals surface area contributed by atoms with Crippen molar-refractivity contribution in [2.24, 2.45) is 0 Å². The third-order valence-electron chi connectivity index (χ3n) is 1.85. The zero-order valence-corrected chi connectivity index (χ0v) is 8.81. The molecular weight excluding hydrogens is 208 g/mol. The van der Waals surface area contributed by atoms with Crippen molar-refractivity contribution in [1.82, 2.24) is 9.97 Å². The lowest BCUT2D eigenvalue weighted by atomic mass is 10.2. The molecule has 15 heavy (non-hydrogen) atoms. The molecule has 2 heterocycles. The molecule has 2 aromatic heterocycles. The molecule has 0 aliphatic rings. The molecule has 0 aliphatic heterocycles. The van der Waals surface area contributed by atoms with E-state index in [0.29, 0.717) is 0 Å². The molecular formula is C11H10N2OS. The SMILES string of the molecule is OCC=Cc1csc(-c2cnccn2)c1.